The summed E-state index contributed by atoms with van der Waals surface area (Å²) >= 11 is 30.2. The number of rotatable bonds is 12. The minimum Gasteiger partial charge on any atom is -0.444 e. The van der Waals surface area contributed by atoms with Crippen molar-refractivity contribution in [3.8, 4) is 5.75 Å². The molecule has 1 heterocycles. The Kier molecular flexibility index (Phi) is 15.6. The molecule has 1 fully saturated rings. The van der Waals surface area contributed by atoms with Crippen LogP contribution >= 0.6 is 70.4 Å². The second-order valence-electron chi connectivity index (χ2n) is 9.29. The lowest BCUT2D eigenvalue weighted by molar-refractivity contribution is -0.141. The number of hydrogen-bond donors (Lipinski definition) is 3. The van der Waals surface area contributed by atoms with Crippen molar-refractivity contribution in [1.29, 1.82) is 0 Å². The highest BCUT2D eigenvalue weighted by molar-refractivity contribution is 6.55. The molecule has 2 aromatic carbocycles. The van der Waals surface area contributed by atoms with Gasteiger partial charge in [0.25, 0.3) is 0 Å². The van der Waals surface area contributed by atoms with E-state index in [9.17, 15) is 19.2 Å². The highest BCUT2D eigenvalue weighted by Gasteiger charge is 2.40. The summed E-state index contributed by atoms with van der Waals surface area (Å²) in [5, 5.41) is 4.48. The number of ether oxygens (including phenoxy) is 2. The molecule has 3 amide bonds. The Morgan fingerprint density at radius 1 is 0.977 bits per heavy atom. The molecule has 2 unspecified atom stereocenters. The van der Waals surface area contributed by atoms with Gasteiger partial charge >= 0.3 is 12.1 Å². The molecular weight excluding hydrogens is 689 g/mol. The Hall–Kier alpha value is -2.02. The maximum atomic E-state index is 13.5. The van der Waals surface area contributed by atoms with Gasteiger partial charge in [0.15, 0.2) is 5.75 Å². The minimum absolute atomic E-state index is 0. The van der Waals surface area contributed by atoms with Crippen molar-refractivity contribution in [3.05, 3.63) is 61.0 Å². The average Bonchev–Trinajstić information content (AvgIpc) is 3.54. The van der Waals surface area contributed by atoms with E-state index in [1.807, 2.05) is 6.07 Å². The summed E-state index contributed by atoms with van der Waals surface area (Å²) in [6.07, 6.45) is 1.25. The first-order chi connectivity index (χ1) is 20.1. The van der Waals surface area contributed by atoms with Crippen LogP contribution in [-0.4, -0.2) is 60.5 Å². The molecule has 3 rings (SSSR count). The van der Waals surface area contributed by atoms with Crippen LogP contribution in [-0.2, 0) is 25.7 Å². The maximum Gasteiger partial charge on any atom is 0.417 e. The third kappa shape index (κ3) is 9.99. The number of halogens is 6. The van der Waals surface area contributed by atoms with E-state index in [0.717, 1.165) is 11.3 Å². The summed E-state index contributed by atoms with van der Waals surface area (Å²) in [6.45, 7) is 0.145. The molecule has 4 N–H and O–H groups in total. The molecule has 0 radical (unpaired) electrons. The van der Waals surface area contributed by atoms with Gasteiger partial charge in [0.1, 0.15) is 29.2 Å². The molecule has 0 saturated carbocycles. The fourth-order valence-electron chi connectivity index (χ4n) is 4.18. The number of esters is 1. The molecule has 0 aromatic heterocycles. The highest BCUT2D eigenvalue weighted by Crippen LogP contribution is 2.48. The lowest BCUT2D eigenvalue weighted by Gasteiger charge is -2.30. The van der Waals surface area contributed by atoms with E-state index in [2.05, 4.69) is 10.6 Å². The molecule has 1 aliphatic heterocycles. The monoisotopic (exact) mass is 716 g/mol. The van der Waals surface area contributed by atoms with Gasteiger partial charge in [-0.3, -0.25) is 9.59 Å². The van der Waals surface area contributed by atoms with E-state index in [1.165, 1.54) is 0 Å². The van der Waals surface area contributed by atoms with Crippen LogP contribution in [0.3, 0.4) is 0 Å². The second kappa shape index (κ2) is 18.1. The van der Waals surface area contributed by atoms with Gasteiger partial charge < -0.3 is 25.8 Å². The van der Waals surface area contributed by atoms with Crippen molar-refractivity contribution in [2.45, 2.75) is 50.8 Å². The molecule has 1 saturated heterocycles. The van der Waals surface area contributed by atoms with Gasteiger partial charge in [-0.15, -0.1) is 12.4 Å². The Balaban J connectivity index is 0.00000645. The molecule has 43 heavy (non-hydrogen) atoms. The zero-order chi connectivity index (χ0) is 30.8. The third-order valence-electron chi connectivity index (χ3n) is 6.34. The summed E-state index contributed by atoms with van der Waals surface area (Å²) < 4.78 is 10.7. The van der Waals surface area contributed by atoms with Gasteiger partial charge in [0.05, 0.1) is 21.1 Å². The number of amides is 3. The molecule has 1 aliphatic rings. The molecule has 236 valence electrons. The SMILES string of the molecule is Cl.NCCCCC(C(=O)NCC(=O)Oc1c(Cl)c(Cl)c(Cl)c(Cl)c1Cl)N(C(=O)OCc1ccccc1)C(=O)C1CCCN1. The number of hydrogen-bond acceptors (Lipinski definition) is 8. The summed E-state index contributed by atoms with van der Waals surface area (Å²) in [5.74, 6) is -2.71. The van der Waals surface area contributed by atoms with E-state index in [-0.39, 0.29) is 56.3 Å². The number of benzene rings is 2. The minimum atomic E-state index is -1.30. The molecule has 0 bridgehead atoms. The maximum absolute atomic E-state index is 13.5. The van der Waals surface area contributed by atoms with Crippen LogP contribution in [0.4, 0.5) is 4.79 Å². The first-order valence-electron chi connectivity index (χ1n) is 13.0. The zero-order valence-electron chi connectivity index (χ0n) is 22.7. The lowest BCUT2D eigenvalue weighted by atomic mass is 10.1. The van der Waals surface area contributed by atoms with Crippen molar-refractivity contribution in [1.82, 2.24) is 15.5 Å². The van der Waals surface area contributed by atoms with Crippen molar-refractivity contribution in [3.63, 3.8) is 0 Å². The summed E-state index contributed by atoms with van der Waals surface area (Å²) in [5.41, 5.74) is 6.33. The predicted molar refractivity (Wildman–Crippen MR) is 169 cm³/mol. The smallest absolute Gasteiger partial charge is 0.417 e. The predicted octanol–water partition coefficient (Wildman–Crippen LogP) is 5.81. The summed E-state index contributed by atoms with van der Waals surface area (Å²) in [7, 11) is 0. The van der Waals surface area contributed by atoms with E-state index < -0.39 is 42.5 Å². The highest BCUT2D eigenvalue weighted by atomic mass is 35.5. The van der Waals surface area contributed by atoms with Crippen LogP contribution in [0.15, 0.2) is 30.3 Å². The first-order valence-corrected chi connectivity index (χ1v) is 14.9. The quantitative estimate of drug-likeness (QED) is 0.0822. The zero-order valence-corrected chi connectivity index (χ0v) is 27.3. The number of nitrogens with two attached hydrogens (primary N) is 1. The van der Waals surface area contributed by atoms with Crippen LogP contribution in [0, 0.1) is 0 Å². The third-order valence-corrected chi connectivity index (χ3v) is 8.58. The molecule has 10 nitrogen and oxygen atoms in total. The van der Waals surface area contributed by atoms with Crippen LogP contribution in [0.1, 0.15) is 37.7 Å². The van der Waals surface area contributed by atoms with Crippen LogP contribution < -0.4 is 21.1 Å². The van der Waals surface area contributed by atoms with Gasteiger partial charge in [-0.1, -0.05) is 88.3 Å². The summed E-state index contributed by atoms with van der Waals surface area (Å²) in [6, 6.07) is 6.92. The topological polar surface area (TPSA) is 140 Å². The molecule has 0 aliphatic carbocycles. The fourth-order valence-corrected chi connectivity index (χ4v) is 5.38. The van der Waals surface area contributed by atoms with Crippen molar-refractivity contribution >= 4 is 94.3 Å². The van der Waals surface area contributed by atoms with Crippen molar-refractivity contribution < 1.29 is 28.7 Å². The number of carbonyl (C=O) groups is 4. The number of nitrogens with zero attached hydrogens (tertiary/aromatic N) is 1. The Morgan fingerprint density at radius 2 is 1.60 bits per heavy atom. The normalized spacial score (nSPS) is 14.8. The molecular formula is C27H30Cl6N4O6. The Morgan fingerprint density at radius 3 is 2.19 bits per heavy atom. The molecule has 0 spiro atoms. The Labute approximate surface area is 280 Å². The molecule has 16 heteroatoms. The number of unbranched alkanes of at least 4 members (excludes halogenated alkanes) is 1. The van der Waals surface area contributed by atoms with Crippen LogP contribution in [0.2, 0.25) is 25.1 Å². The second-order valence-corrected chi connectivity index (χ2v) is 11.2. The van der Waals surface area contributed by atoms with E-state index in [4.69, 9.17) is 73.2 Å². The van der Waals surface area contributed by atoms with E-state index in [1.54, 1.807) is 24.3 Å². The molecule has 2 aromatic rings. The average molecular weight is 719 g/mol. The van der Waals surface area contributed by atoms with Gasteiger partial charge in [-0.05, 0) is 50.8 Å². The van der Waals surface area contributed by atoms with E-state index in [0.29, 0.717) is 37.9 Å². The number of carbonyl (C=O) groups excluding carboxylic acids is 4. The van der Waals surface area contributed by atoms with Gasteiger partial charge in [-0.25, -0.2) is 14.5 Å². The first kappa shape index (κ1) is 37.2. The van der Waals surface area contributed by atoms with E-state index >= 15 is 0 Å². The van der Waals surface area contributed by atoms with Crippen LogP contribution in [0.5, 0.6) is 5.75 Å². The fraction of sp³-hybridized carbons (Fsp3) is 0.407. The van der Waals surface area contributed by atoms with Crippen LogP contribution in [0.25, 0.3) is 0 Å². The molecule has 2 atom stereocenters. The van der Waals surface area contributed by atoms with Crippen molar-refractivity contribution in [2.75, 3.05) is 19.6 Å². The van der Waals surface area contributed by atoms with Gasteiger partial charge in [-0.2, -0.15) is 0 Å². The largest absolute Gasteiger partial charge is 0.444 e. The number of nitrogens with one attached hydrogen (secondary N) is 2. The van der Waals surface area contributed by atoms with Gasteiger partial charge in [0.2, 0.25) is 11.8 Å². The number of imide groups is 1. The van der Waals surface area contributed by atoms with Crippen molar-refractivity contribution in [2.24, 2.45) is 5.73 Å². The van der Waals surface area contributed by atoms with Gasteiger partial charge in [0, 0.05) is 0 Å². The summed E-state index contributed by atoms with van der Waals surface area (Å²) in [4.78, 5) is 53.8. The standard InChI is InChI=1S/C27H29Cl5N4O6.ClH/c28-19-20(29)22(31)24(23(32)21(19)30)42-18(37)13-35-25(38)17(10-4-5-11-33)36(26(39)16-9-6-12-34-16)27(40)41-14-15-7-2-1-3-8-15;/h1-3,7-8,16-17,34H,4-6,9-14,33H2,(H,35,38);1H. The Bertz CT molecular complexity index is 1270. The lowest BCUT2D eigenvalue weighted by Crippen LogP contribution is -2.57.